The molecule has 31 heavy (non-hydrogen) atoms. The zero-order valence-electron chi connectivity index (χ0n) is 17.0. The van der Waals surface area contributed by atoms with E-state index in [1.54, 1.807) is 22.0 Å². The highest BCUT2D eigenvalue weighted by Gasteiger charge is 2.43. The summed E-state index contributed by atoms with van der Waals surface area (Å²) in [5.74, 6) is 0.398. The average molecular weight is 443 g/mol. The normalized spacial score (nSPS) is 17.6. The van der Waals surface area contributed by atoms with Gasteiger partial charge in [0.15, 0.2) is 5.13 Å². The van der Waals surface area contributed by atoms with Gasteiger partial charge in [-0.05, 0) is 0 Å². The van der Waals surface area contributed by atoms with Gasteiger partial charge in [-0.2, -0.15) is 5.10 Å². The Balaban J connectivity index is 1.36. The van der Waals surface area contributed by atoms with E-state index in [9.17, 15) is 9.59 Å². The van der Waals surface area contributed by atoms with E-state index in [0.717, 1.165) is 15.8 Å². The van der Waals surface area contributed by atoms with Gasteiger partial charge in [-0.25, -0.2) is 19.6 Å². The molecule has 3 aromatic heterocycles. The minimum absolute atomic E-state index is 0.235. The molecule has 2 aliphatic rings. The lowest BCUT2D eigenvalue weighted by atomic mass is 9.92. The molecule has 3 aromatic rings. The number of pyridine rings is 1. The molecule has 0 aliphatic carbocycles. The molecule has 5 heterocycles. The van der Waals surface area contributed by atoms with Crippen LogP contribution in [0, 0.1) is 0 Å². The van der Waals surface area contributed by atoms with Crippen LogP contribution in [0.15, 0.2) is 18.6 Å². The molecule has 12 heteroatoms. The van der Waals surface area contributed by atoms with Gasteiger partial charge in [0.1, 0.15) is 11.1 Å². The number of urea groups is 1. The van der Waals surface area contributed by atoms with Gasteiger partial charge < -0.3 is 19.7 Å². The first-order valence-corrected chi connectivity index (χ1v) is 10.6. The number of methoxy groups -OCH3 is 1. The number of nitrogens with one attached hydrogen (secondary N) is 2. The molecular weight excluding hydrogens is 422 g/mol. The summed E-state index contributed by atoms with van der Waals surface area (Å²) in [6.07, 6.45) is 6.19. The molecule has 11 nitrogen and oxygen atoms in total. The van der Waals surface area contributed by atoms with E-state index in [4.69, 9.17) is 9.47 Å². The molecule has 0 radical (unpaired) electrons. The van der Waals surface area contributed by atoms with Crippen LogP contribution >= 0.6 is 11.3 Å². The molecule has 0 bridgehead atoms. The first-order chi connectivity index (χ1) is 15.0. The maximum absolute atomic E-state index is 12.8. The monoisotopic (exact) mass is 443 g/mol. The van der Waals surface area contributed by atoms with Gasteiger partial charge in [-0.15, -0.1) is 0 Å². The number of thiazole rings is 1. The molecule has 0 unspecified atom stereocenters. The van der Waals surface area contributed by atoms with Crippen LogP contribution in [0.4, 0.5) is 14.7 Å². The van der Waals surface area contributed by atoms with Gasteiger partial charge in [0.25, 0.3) is 0 Å². The summed E-state index contributed by atoms with van der Waals surface area (Å²) in [7, 11) is 3.39. The second-order valence-electron chi connectivity index (χ2n) is 7.62. The molecule has 0 aromatic carbocycles. The lowest BCUT2D eigenvalue weighted by Gasteiger charge is -2.36. The first kappa shape index (κ1) is 19.5. The first-order valence-electron chi connectivity index (χ1n) is 9.82. The molecule has 162 valence electrons. The number of hydrogen-bond acceptors (Lipinski definition) is 8. The number of aryl methyl sites for hydroxylation is 1. The second-order valence-corrected chi connectivity index (χ2v) is 8.62. The Hall–Kier alpha value is -3.41. The number of carbonyl (C=O) groups is 2. The number of alkyl carbamates (subject to hydrolysis) is 1. The summed E-state index contributed by atoms with van der Waals surface area (Å²) in [6, 6.07) is -0.235. The molecular formula is C19H21N7O4S. The number of rotatable bonds is 3. The number of amides is 3. The van der Waals surface area contributed by atoms with Gasteiger partial charge in [-0.3, -0.25) is 10.00 Å². The molecule has 2 saturated heterocycles. The van der Waals surface area contributed by atoms with Gasteiger partial charge in [0, 0.05) is 56.5 Å². The molecule has 1 spiro atoms. The number of aromatic nitrogens is 4. The van der Waals surface area contributed by atoms with Crippen molar-refractivity contribution in [3.63, 3.8) is 0 Å². The fraction of sp³-hybridized carbons (Fsp3) is 0.421. The fourth-order valence-corrected chi connectivity index (χ4v) is 4.91. The molecule has 0 atom stereocenters. The quantitative estimate of drug-likeness (QED) is 0.636. The van der Waals surface area contributed by atoms with Crippen LogP contribution in [0.3, 0.4) is 0 Å². The minimum atomic E-state index is -0.499. The number of ether oxygens (including phenoxy) is 2. The molecule has 0 saturated carbocycles. The SMILES string of the molecule is COc1ncc(-c2cnn(C)c2)c2sc(NC(=O)N3CCC4(CC3)CNC(=O)O4)nc12. The van der Waals surface area contributed by atoms with Crippen LogP contribution in [0.2, 0.25) is 0 Å². The van der Waals surface area contributed by atoms with E-state index in [1.165, 1.54) is 18.4 Å². The van der Waals surface area contributed by atoms with Gasteiger partial charge in [-0.1, -0.05) is 11.3 Å². The third kappa shape index (κ3) is 3.52. The maximum Gasteiger partial charge on any atom is 0.407 e. The standard InChI is InChI=1S/C19H21N7O4S/c1-25-9-11(7-22-25)12-8-20-15(29-2)13-14(12)31-16(23-13)24-17(27)26-5-3-19(4-6-26)10-21-18(28)30-19/h7-9H,3-6,10H2,1-2H3,(H,21,28)(H,23,24,27). The maximum atomic E-state index is 12.8. The Labute approximate surface area is 181 Å². The van der Waals surface area contributed by atoms with Crippen molar-refractivity contribution in [1.29, 1.82) is 0 Å². The summed E-state index contributed by atoms with van der Waals surface area (Å²) in [6.45, 7) is 1.48. The van der Waals surface area contributed by atoms with Crippen LogP contribution in [-0.4, -0.2) is 69.1 Å². The minimum Gasteiger partial charge on any atom is -0.479 e. The highest BCUT2D eigenvalue weighted by molar-refractivity contribution is 7.23. The van der Waals surface area contributed by atoms with Gasteiger partial charge >= 0.3 is 12.1 Å². The third-order valence-electron chi connectivity index (χ3n) is 5.63. The summed E-state index contributed by atoms with van der Waals surface area (Å²) < 4.78 is 13.3. The van der Waals surface area contributed by atoms with Crippen LogP contribution in [0.1, 0.15) is 12.8 Å². The molecule has 2 N–H and O–H groups in total. The van der Waals surface area contributed by atoms with Crippen LogP contribution < -0.4 is 15.4 Å². The Bertz CT molecular complexity index is 1170. The lowest BCUT2D eigenvalue weighted by Crippen LogP contribution is -2.49. The predicted octanol–water partition coefficient (Wildman–Crippen LogP) is 2.21. The van der Waals surface area contributed by atoms with E-state index in [-0.39, 0.29) is 12.1 Å². The van der Waals surface area contributed by atoms with Crippen molar-refractivity contribution in [2.45, 2.75) is 18.4 Å². The lowest BCUT2D eigenvalue weighted by molar-refractivity contribution is 0.0110. The van der Waals surface area contributed by atoms with Crippen molar-refractivity contribution < 1.29 is 19.1 Å². The van der Waals surface area contributed by atoms with E-state index in [2.05, 4.69) is 25.7 Å². The Morgan fingerprint density at radius 1 is 1.35 bits per heavy atom. The summed E-state index contributed by atoms with van der Waals surface area (Å²) >= 11 is 1.36. The number of piperidine rings is 1. The summed E-state index contributed by atoms with van der Waals surface area (Å²) in [4.78, 5) is 34.8. The van der Waals surface area contributed by atoms with Gasteiger partial charge in [0.05, 0.1) is 24.6 Å². The zero-order valence-corrected chi connectivity index (χ0v) is 17.9. The predicted molar refractivity (Wildman–Crippen MR) is 113 cm³/mol. The largest absolute Gasteiger partial charge is 0.479 e. The zero-order chi connectivity index (χ0) is 21.6. The fourth-order valence-electron chi connectivity index (χ4n) is 3.93. The van der Waals surface area contributed by atoms with Crippen LogP contribution in [0.5, 0.6) is 5.88 Å². The van der Waals surface area contributed by atoms with Crippen molar-refractivity contribution in [3.8, 4) is 17.0 Å². The number of fused-ring (bicyclic) bond motifs is 1. The molecule has 5 rings (SSSR count). The topological polar surface area (TPSA) is 124 Å². The van der Waals surface area contributed by atoms with Crippen molar-refractivity contribution in [1.82, 2.24) is 30.0 Å². The smallest absolute Gasteiger partial charge is 0.407 e. The molecule has 3 amide bonds. The van der Waals surface area contributed by atoms with Crippen molar-refractivity contribution in [3.05, 3.63) is 18.6 Å². The highest BCUT2D eigenvalue weighted by Crippen LogP contribution is 2.38. The van der Waals surface area contributed by atoms with E-state index < -0.39 is 5.60 Å². The number of hydrogen-bond donors (Lipinski definition) is 2. The van der Waals surface area contributed by atoms with Crippen LogP contribution in [-0.2, 0) is 11.8 Å². The summed E-state index contributed by atoms with van der Waals surface area (Å²) in [5, 5.41) is 10.3. The Morgan fingerprint density at radius 3 is 2.81 bits per heavy atom. The van der Waals surface area contributed by atoms with E-state index >= 15 is 0 Å². The van der Waals surface area contributed by atoms with E-state index in [0.29, 0.717) is 49.0 Å². The molecule has 2 fully saturated rings. The van der Waals surface area contributed by atoms with Crippen molar-refractivity contribution >= 4 is 38.8 Å². The van der Waals surface area contributed by atoms with Crippen LogP contribution in [0.25, 0.3) is 21.3 Å². The number of anilines is 1. The number of carbonyl (C=O) groups excluding carboxylic acids is 2. The summed E-state index contributed by atoms with van der Waals surface area (Å²) in [5.41, 5.74) is 1.87. The Kier molecular flexibility index (Phi) is 4.65. The highest BCUT2D eigenvalue weighted by atomic mass is 32.1. The number of nitrogens with zero attached hydrogens (tertiary/aromatic N) is 5. The average Bonchev–Trinajstić information content (AvgIpc) is 3.46. The van der Waals surface area contributed by atoms with Crippen molar-refractivity contribution in [2.75, 3.05) is 32.1 Å². The number of likely N-dealkylation sites (tertiary alicyclic amines) is 1. The second kappa shape index (κ2) is 7.38. The van der Waals surface area contributed by atoms with Gasteiger partial charge in [0.2, 0.25) is 5.88 Å². The third-order valence-corrected chi connectivity index (χ3v) is 6.64. The Morgan fingerprint density at radius 2 is 2.16 bits per heavy atom. The van der Waals surface area contributed by atoms with Crippen molar-refractivity contribution in [2.24, 2.45) is 7.05 Å². The van der Waals surface area contributed by atoms with E-state index in [1.807, 2.05) is 13.2 Å². The molecule has 2 aliphatic heterocycles.